The molecule has 2 N–H and O–H groups in total. The third-order valence-corrected chi connectivity index (χ3v) is 4.34. The third kappa shape index (κ3) is 2.56. The fourth-order valence-electron chi connectivity index (χ4n) is 2.49. The van der Waals surface area contributed by atoms with E-state index in [0.717, 1.165) is 4.47 Å². The SMILES string of the molecule is O=C(C[C@@]1(O)C(=O)Nc2ccc(Cl)cc21)c1cccc(Br)c1. The smallest absolute Gasteiger partial charge is 0.261 e. The molecule has 1 atom stereocenters. The van der Waals surface area contributed by atoms with Crippen molar-refractivity contribution < 1.29 is 14.7 Å². The Morgan fingerprint density at radius 1 is 1.27 bits per heavy atom. The van der Waals surface area contributed by atoms with Crippen LogP contribution in [0.1, 0.15) is 22.3 Å². The van der Waals surface area contributed by atoms with E-state index in [9.17, 15) is 14.7 Å². The molecular formula is C16H11BrClNO3. The molecule has 1 aliphatic rings. The van der Waals surface area contributed by atoms with Crippen molar-refractivity contribution in [3.05, 3.63) is 63.1 Å². The number of ketones is 1. The molecule has 1 aliphatic heterocycles. The Balaban J connectivity index is 1.96. The molecule has 0 fully saturated rings. The van der Waals surface area contributed by atoms with Crippen LogP contribution >= 0.6 is 27.5 Å². The predicted octanol–water partition coefficient (Wildman–Crippen LogP) is 3.52. The number of fused-ring (bicyclic) bond motifs is 1. The zero-order valence-corrected chi connectivity index (χ0v) is 13.6. The van der Waals surface area contributed by atoms with Gasteiger partial charge >= 0.3 is 0 Å². The maximum Gasteiger partial charge on any atom is 0.261 e. The van der Waals surface area contributed by atoms with Crippen molar-refractivity contribution in [2.24, 2.45) is 0 Å². The van der Waals surface area contributed by atoms with Gasteiger partial charge in [-0.15, -0.1) is 0 Å². The van der Waals surface area contributed by atoms with E-state index in [-0.39, 0.29) is 12.2 Å². The van der Waals surface area contributed by atoms with Gasteiger partial charge in [-0.05, 0) is 30.3 Å². The number of Topliss-reactive ketones (excluding diaryl/α,β-unsaturated/α-hetero) is 1. The normalized spacial score (nSPS) is 19.7. The summed E-state index contributed by atoms with van der Waals surface area (Å²) in [6.45, 7) is 0. The van der Waals surface area contributed by atoms with Gasteiger partial charge in [0.05, 0.1) is 6.42 Å². The first kappa shape index (κ1) is 15.2. The van der Waals surface area contributed by atoms with Gasteiger partial charge in [-0.2, -0.15) is 0 Å². The molecule has 112 valence electrons. The van der Waals surface area contributed by atoms with E-state index in [1.165, 1.54) is 6.07 Å². The van der Waals surface area contributed by atoms with Gasteiger partial charge in [0.1, 0.15) is 0 Å². The van der Waals surface area contributed by atoms with Gasteiger partial charge in [0, 0.05) is 26.3 Å². The van der Waals surface area contributed by atoms with Gasteiger partial charge in [-0.1, -0.05) is 39.7 Å². The van der Waals surface area contributed by atoms with Crippen LogP contribution in [-0.2, 0) is 10.4 Å². The number of nitrogens with one attached hydrogen (secondary N) is 1. The molecule has 22 heavy (non-hydrogen) atoms. The number of amides is 1. The molecule has 0 aliphatic carbocycles. The van der Waals surface area contributed by atoms with Gasteiger partial charge in [0.25, 0.3) is 5.91 Å². The average Bonchev–Trinajstić information content (AvgIpc) is 2.71. The molecule has 2 aromatic rings. The Hall–Kier alpha value is -1.69. The first-order valence-electron chi connectivity index (χ1n) is 6.53. The Labute approximate surface area is 140 Å². The maximum absolute atomic E-state index is 12.4. The molecule has 3 rings (SSSR count). The third-order valence-electron chi connectivity index (χ3n) is 3.61. The number of benzene rings is 2. The summed E-state index contributed by atoms with van der Waals surface area (Å²) in [5, 5.41) is 13.7. The second-order valence-corrected chi connectivity index (χ2v) is 6.47. The van der Waals surface area contributed by atoms with Crippen LogP contribution in [0, 0.1) is 0 Å². The summed E-state index contributed by atoms with van der Waals surface area (Å²) in [5.41, 5.74) is -0.682. The van der Waals surface area contributed by atoms with Gasteiger partial charge in [-0.3, -0.25) is 9.59 Å². The number of hydrogen-bond acceptors (Lipinski definition) is 3. The molecular weight excluding hydrogens is 370 g/mol. The molecule has 0 radical (unpaired) electrons. The minimum atomic E-state index is -1.90. The molecule has 0 aromatic heterocycles. The number of hydrogen-bond donors (Lipinski definition) is 2. The Bertz CT molecular complexity index is 793. The number of carbonyl (C=O) groups is 2. The largest absolute Gasteiger partial charge is 0.375 e. The van der Waals surface area contributed by atoms with Gasteiger partial charge in [0.15, 0.2) is 11.4 Å². The van der Waals surface area contributed by atoms with Crippen LogP contribution in [0.2, 0.25) is 5.02 Å². The van der Waals surface area contributed by atoms with Gasteiger partial charge < -0.3 is 10.4 Å². The average molecular weight is 381 g/mol. The summed E-state index contributed by atoms with van der Waals surface area (Å²) in [6.07, 6.45) is -0.345. The molecule has 4 nitrogen and oxygen atoms in total. The van der Waals surface area contributed by atoms with Crippen molar-refractivity contribution in [2.75, 3.05) is 5.32 Å². The summed E-state index contributed by atoms with van der Waals surface area (Å²) >= 11 is 9.22. The van der Waals surface area contributed by atoms with E-state index in [1.807, 2.05) is 0 Å². The molecule has 1 amide bonds. The first-order valence-corrected chi connectivity index (χ1v) is 7.70. The van der Waals surface area contributed by atoms with Gasteiger partial charge in [-0.25, -0.2) is 0 Å². The number of carbonyl (C=O) groups excluding carboxylic acids is 2. The number of rotatable bonds is 3. The van der Waals surface area contributed by atoms with Crippen LogP contribution in [-0.4, -0.2) is 16.8 Å². The quantitative estimate of drug-likeness (QED) is 0.801. The summed E-state index contributed by atoms with van der Waals surface area (Å²) < 4.78 is 0.754. The van der Waals surface area contributed by atoms with Crippen molar-refractivity contribution in [3.8, 4) is 0 Å². The maximum atomic E-state index is 12.4. The van der Waals surface area contributed by atoms with Crippen molar-refractivity contribution in [3.63, 3.8) is 0 Å². The highest BCUT2D eigenvalue weighted by atomic mass is 79.9. The second kappa shape index (κ2) is 5.50. The lowest BCUT2D eigenvalue weighted by Gasteiger charge is -2.20. The van der Waals surface area contributed by atoms with Crippen molar-refractivity contribution in [2.45, 2.75) is 12.0 Å². The number of anilines is 1. The van der Waals surface area contributed by atoms with Gasteiger partial charge in [0.2, 0.25) is 0 Å². The zero-order valence-electron chi connectivity index (χ0n) is 11.3. The fourth-order valence-corrected chi connectivity index (χ4v) is 3.06. The predicted molar refractivity (Wildman–Crippen MR) is 87.1 cm³/mol. The highest BCUT2D eigenvalue weighted by molar-refractivity contribution is 9.10. The lowest BCUT2D eigenvalue weighted by atomic mass is 9.88. The van der Waals surface area contributed by atoms with E-state index in [4.69, 9.17) is 11.6 Å². The van der Waals surface area contributed by atoms with Crippen LogP contribution in [0.15, 0.2) is 46.9 Å². The fraction of sp³-hybridized carbons (Fsp3) is 0.125. The summed E-state index contributed by atoms with van der Waals surface area (Å²) in [4.78, 5) is 24.5. The second-order valence-electron chi connectivity index (χ2n) is 5.11. The van der Waals surface area contributed by atoms with Crippen molar-refractivity contribution >= 4 is 44.9 Å². The van der Waals surface area contributed by atoms with E-state index in [1.54, 1.807) is 36.4 Å². The standard InChI is InChI=1S/C16H11BrClNO3/c17-10-3-1-2-9(6-10)14(20)8-16(22)12-7-11(18)4-5-13(12)19-15(16)21/h1-7,22H,8H2,(H,19,21)/t16-/m0/s1. The molecule has 0 saturated heterocycles. The molecule has 0 spiro atoms. The van der Waals surface area contributed by atoms with E-state index in [0.29, 0.717) is 21.8 Å². The van der Waals surface area contributed by atoms with E-state index >= 15 is 0 Å². The molecule has 2 aromatic carbocycles. The van der Waals surface area contributed by atoms with Crippen molar-refractivity contribution in [1.82, 2.24) is 0 Å². The summed E-state index contributed by atoms with van der Waals surface area (Å²) in [6, 6.07) is 11.5. The molecule has 0 saturated carbocycles. The Morgan fingerprint density at radius 3 is 2.77 bits per heavy atom. The minimum Gasteiger partial charge on any atom is -0.375 e. The zero-order chi connectivity index (χ0) is 15.9. The van der Waals surface area contributed by atoms with E-state index < -0.39 is 11.5 Å². The lowest BCUT2D eigenvalue weighted by molar-refractivity contribution is -0.133. The van der Waals surface area contributed by atoms with Crippen LogP contribution < -0.4 is 5.32 Å². The summed E-state index contributed by atoms with van der Waals surface area (Å²) in [7, 11) is 0. The molecule has 0 unspecified atom stereocenters. The van der Waals surface area contributed by atoms with Crippen molar-refractivity contribution in [1.29, 1.82) is 0 Å². The topological polar surface area (TPSA) is 66.4 Å². The van der Waals surface area contributed by atoms with E-state index in [2.05, 4.69) is 21.2 Å². The monoisotopic (exact) mass is 379 g/mol. The summed E-state index contributed by atoms with van der Waals surface area (Å²) in [5.74, 6) is -0.945. The Morgan fingerprint density at radius 2 is 2.05 bits per heavy atom. The molecule has 6 heteroatoms. The van der Waals surface area contributed by atoms with Crippen LogP contribution in [0.4, 0.5) is 5.69 Å². The molecule has 0 bridgehead atoms. The highest BCUT2D eigenvalue weighted by Gasteiger charge is 2.46. The van der Waals surface area contributed by atoms with Crippen LogP contribution in [0.3, 0.4) is 0 Å². The number of aliphatic hydroxyl groups is 1. The lowest BCUT2D eigenvalue weighted by Crippen LogP contribution is -2.36. The van der Waals surface area contributed by atoms with Crippen LogP contribution in [0.25, 0.3) is 0 Å². The number of halogens is 2. The van der Waals surface area contributed by atoms with Crippen LogP contribution in [0.5, 0.6) is 0 Å². The first-order chi connectivity index (χ1) is 10.4. The molecule has 1 heterocycles. The minimum absolute atomic E-state index is 0.327. The Kier molecular flexibility index (Phi) is 3.80. The highest BCUT2D eigenvalue weighted by Crippen LogP contribution is 2.40.